The van der Waals surface area contributed by atoms with Crippen molar-refractivity contribution in [2.45, 2.75) is 38.1 Å². The highest BCUT2D eigenvalue weighted by Crippen LogP contribution is 2.33. The monoisotopic (exact) mass is 263 g/mol. The molecule has 1 N–H and O–H groups in total. The number of methoxy groups -OCH3 is 1. The molecule has 0 aliphatic carbocycles. The van der Waals surface area contributed by atoms with Crippen LogP contribution in [0.15, 0.2) is 24.3 Å². The number of rotatable bonds is 5. The maximum atomic E-state index is 10.8. The summed E-state index contributed by atoms with van der Waals surface area (Å²) in [5, 5.41) is 8.86. The Labute approximate surface area is 114 Å². The first-order chi connectivity index (χ1) is 9.22. The van der Waals surface area contributed by atoms with Crippen LogP contribution in [0.4, 0.5) is 5.69 Å². The second-order valence-electron chi connectivity index (χ2n) is 4.95. The van der Waals surface area contributed by atoms with Gasteiger partial charge in [0.05, 0.1) is 12.8 Å². The number of hydrogen-bond donors (Lipinski definition) is 1. The second kappa shape index (κ2) is 6.45. The fourth-order valence-corrected chi connectivity index (χ4v) is 2.77. The van der Waals surface area contributed by atoms with E-state index in [-0.39, 0.29) is 6.42 Å². The van der Waals surface area contributed by atoms with Crippen LogP contribution >= 0.6 is 0 Å². The Hall–Kier alpha value is -1.71. The van der Waals surface area contributed by atoms with Gasteiger partial charge in [-0.25, -0.2) is 0 Å². The molecule has 1 unspecified atom stereocenters. The number of carboxylic acids is 1. The molecule has 1 aliphatic rings. The van der Waals surface area contributed by atoms with E-state index in [0.717, 1.165) is 30.8 Å². The highest BCUT2D eigenvalue weighted by Gasteiger charge is 2.25. The van der Waals surface area contributed by atoms with Crippen LogP contribution in [0.5, 0.6) is 5.75 Å². The SMILES string of the molecule is COc1ccccc1N1CCCCC1CCC(=O)O. The van der Waals surface area contributed by atoms with Gasteiger partial charge in [0.15, 0.2) is 0 Å². The molecule has 0 amide bonds. The van der Waals surface area contributed by atoms with Crippen molar-refractivity contribution < 1.29 is 14.6 Å². The van der Waals surface area contributed by atoms with Gasteiger partial charge >= 0.3 is 5.97 Å². The van der Waals surface area contributed by atoms with Gasteiger partial charge in [0.25, 0.3) is 0 Å². The van der Waals surface area contributed by atoms with Crippen LogP contribution in [0.2, 0.25) is 0 Å². The Morgan fingerprint density at radius 3 is 2.95 bits per heavy atom. The molecule has 1 aliphatic heterocycles. The van der Waals surface area contributed by atoms with Crippen molar-refractivity contribution in [1.82, 2.24) is 0 Å². The van der Waals surface area contributed by atoms with Gasteiger partial charge in [-0.3, -0.25) is 4.79 Å². The quantitative estimate of drug-likeness (QED) is 0.887. The molecule has 1 fully saturated rings. The molecule has 0 spiro atoms. The molecular formula is C15H21NO3. The third-order valence-electron chi connectivity index (χ3n) is 3.71. The maximum absolute atomic E-state index is 10.8. The van der Waals surface area contributed by atoms with Crippen molar-refractivity contribution in [2.24, 2.45) is 0 Å². The third-order valence-corrected chi connectivity index (χ3v) is 3.71. The van der Waals surface area contributed by atoms with E-state index < -0.39 is 5.97 Å². The van der Waals surface area contributed by atoms with E-state index >= 15 is 0 Å². The fourth-order valence-electron chi connectivity index (χ4n) is 2.77. The van der Waals surface area contributed by atoms with Crippen LogP contribution in [-0.2, 0) is 4.79 Å². The molecule has 0 radical (unpaired) electrons. The number of benzene rings is 1. The second-order valence-corrected chi connectivity index (χ2v) is 4.95. The van der Waals surface area contributed by atoms with Gasteiger partial charge in [-0.15, -0.1) is 0 Å². The van der Waals surface area contributed by atoms with E-state index in [9.17, 15) is 4.79 Å². The van der Waals surface area contributed by atoms with Crippen molar-refractivity contribution in [3.05, 3.63) is 24.3 Å². The van der Waals surface area contributed by atoms with Crippen LogP contribution in [0.3, 0.4) is 0 Å². The minimum absolute atomic E-state index is 0.232. The Balaban J connectivity index is 2.16. The number of piperidine rings is 1. The molecule has 104 valence electrons. The Bertz CT molecular complexity index is 433. The van der Waals surface area contributed by atoms with Gasteiger partial charge in [0.2, 0.25) is 0 Å². The normalized spacial score (nSPS) is 19.2. The topological polar surface area (TPSA) is 49.8 Å². The lowest BCUT2D eigenvalue weighted by Gasteiger charge is -2.38. The molecule has 1 heterocycles. The smallest absolute Gasteiger partial charge is 0.303 e. The van der Waals surface area contributed by atoms with Gasteiger partial charge in [-0.2, -0.15) is 0 Å². The summed E-state index contributed by atoms with van der Waals surface area (Å²) in [5.74, 6) is 0.148. The molecule has 4 heteroatoms. The first-order valence-corrected chi connectivity index (χ1v) is 6.84. The predicted molar refractivity (Wildman–Crippen MR) is 74.8 cm³/mol. The van der Waals surface area contributed by atoms with Gasteiger partial charge in [0, 0.05) is 19.0 Å². The molecule has 1 aromatic carbocycles. The van der Waals surface area contributed by atoms with Crippen molar-refractivity contribution in [1.29, 1.82) is 0 Å². The van der Waals surface area contributed by atoms with Crippen LogP contribution in [-0.4, -0.2) is 30.8 Å². The van der Waals surface area contributed by atoms with Gasteiger partial charge in [0.1, 0.15) is 5.75 Å². The third kappa shape index (κ3) is 3.40. The first kappa shape index (κ1) is 13.7. The molecule has 2 rings (SSSR count). The highest BCUT2D eigenvalue weighted by atomic mass is 16.5. The molecule has 1 saturated heterocycles. The van der Waals surface area contributed by atoms with Crippen molar-refractivity contribution in [2.75, 3.05) is 18.6 Å². The molecule has 0 aromatic heterocycles. The minimum atomic E-state index is -0.717. The standard InChI is InChI=1S/C15H21NO3/c1-19-14-8-3-2-7-13(14)16-11-5-4-6-12(16)9-10-15(17)18/h2-3,7-8,12H,4-6,9-11H2,1H3,(H,17,18). The number of carboxylic acid groups (broad SMARTS) is 1. The molecule has 1 aromatic rings. The van der Waals surface area contributed by atoms with Crippen LogP contribution in [0.25, 0.3) is 0 Å². The average Bonchev–Trinajstić information content (AvgIpc) is 2.45. The highest BCUT2D eigenvalue weighted by molar-refractivity contribution is 5.67. The van der Waals surface area contributed by atoms with Gasteiger partial charge < -0.3 is 14.7 Å². The zero-order chi connectivity index (χ0) is 13.7. The van der Waals surface area contributed by atoms with E-state index in [2.05, 4.69) is 11.0 Å². The zero-order valence-corrected chi connectivity index (χ0v) is 11.3. The molecule has 0 bridgehead atoms. The summed E-state index contributed by atoms with van der Waals surface area (Å²) in [6.45, 7) is 0.977. The molecular weight excluding hydrogens is 242 g/mol. The number of para-hydroxylation sites is 2. The van der Waals surface area contributed by atoms with Crippen molar-refractivity contribution in [3.8, 4) is 5.75 Å². The zero-order valence-electron chi connectivity index (χ0n) is 11.3. The van der Waals surface area contributed by atoms with E-state index in [1.807, 2.05) is 18.2 Å². The summed E-state index contributed by atoms with van der Waals surface area (Å²) < 4.78 is 5.41. The lowest BCUT2D eigenvalue weighted by atomic mass is 9.97. The molecule has 19 heavy (non-hydrogen) atoms. The van der Waals surface area contributed by atoms with E-state index in [0.29, 0.717) is 12.5 Å². The summed E-state index contributed by atoms with van der Waals surface area (Å²) >= 11 is 0. The van der Waals surface area contributed by atoms with E-state index in [1.165, 1.54) is 6.42 Å². The Kier molecular flexibility index (Phi) is 4.66. The summed E-state index contributed by atoms with van der Waals surface area (Å²) in [6, 6.07) is 8.27. The summed E-state index contributed by atoms with van der Waals surface area (Å²) in [6.07, 6.45) is 4.33. The lowest BCUT2D eigenvalue weighted by molar-refractivity contribution is -0.137. The van der Waals surface area contributed by atoms with Crippen LogP contribution in [0, 0.1) is 0 Å². The predicted octanol–water partition coefficient (Wildman–Crippen LogP) is 2.92. The molecule has 4 nitrogen and oxygen atoms in total. The van der Waals surface area contributed by atoms with E-state index in [4.69, 9.17) is 9.84 Å². The summed E-state index contributed by atoms with van der Waals surface area (Å²) in [5.41, 5.74) is 1.08. The largest absolute Gasteiger partial charge is 0.495 e. The van der Waals surface area contributed by atoms with Crippen molar-refractivity contribution >= 4 is 11.7 Å². The Morgan fingerprint density at radius 2 is 2.21 bits per heavy atom. The molecule has 1 atom stereocenters. The van der Waals surface area contributed by atoms with Crippen molar-refractivity contribution in [3.63, 3.8) is 0 Å². The lowest BCUT2D eigenvalue weighted by Crippen LogP contribution is -2.40. The fraction of sp³-hybridized carbons (Fsp3) is 0.533. The number of anilines is 1. The minimum Gasteiger partial charge on any atom is -0.495 e. The van der Waals surface area contributed by atoms with Gasteiger partial charge in [-0.05, 0) is 37.8 Å². The number of carbonyl (C=O) groups is 1. The number of hydrogen-bond acceptors (Lipinski definition) is 3. The maximum Gasteiger partial charge on any atom is 0.303 e. The molecule has 0 saturated carbocycles. The Morgan fingerprint density at radius 1 is 1.42 bits per heavy atom. The summed E-state index contributed by atoms with van der Waals surface area (Å²) in [4.78, 5) is 13.1. The van der Waals surface area contributed by atoms with Gasteiger partial charge in [-0.1, -0.05) is 12.1 Å². The number of aliphatic carboxylic acids is 1. The van der Waals surface area contributed by atoms with E-state index in [1.54, 1.807) is 7.11 Å². The number of nitrogens with zero attached hydrogens (tertiary/aromatic N) is 1. The van der Waals surface area contributed by atoms with Crippen LogP contribution < -0.4 is 9.64 Å². The summed E-state index contributed by atoms with van der Waals surface area (Å²) in [7, 11) is 1.68. The number of ether oxygens (including phenoxy) is 1. The van der Waals surface area contributed by atoms with Crippen LogP contribution in [0.1, 0.15) is 32.1 Å². The first-order valence-electron chi connectivity index (χ1n) is 6.84. The average molecular weight is 263 g/mol.